The number of hydrogen-bond donors (Lipinski definition) is 1. The maximum Gasteiger partial charge on any atom is 0.261 e. The molecule has 0 aliphatic carbocycles. The van der Waals surface area contributed by atoms with E-state index in [0.29, 0.717) is 15.3 Å². The number of nitrogens with one attached hydrogen (secondary N) is 1. The summed E-state index contributed by atoms with van der Waals surface area (Å²) in [5.41, 5.74) is 0.634. The first-order chi connectivity index (χ1) is 10.4. The first kappa shape index (κ1) is 16.2. The van der Waals surface area contributed by atoms with Gasteiger partial charge in [-0.05, 0) is 43.7 Å². The molecule has 1 unspecified atom stereocenters. The molecule has 0 fully saturated rings. The lowest BCUT2D eigenvalue weighted by atomic mass is 10.1. The van der Waals surface area contributed by atoms with Crippen LogP contribution in [0.5, 0.6) is 5.75 Å². The Kier molecular flexibility index (Phi) is 4.92. The van der Waals surface area contributed by atoms with Crippen LogP contribution in [0.4, 0.5) is 4.39 Å². The Morgan fingerprint density at radius 2 is 1.91 bits per heavy atom. The van der Waals surface area contributed by atoms with Crippen LogP contribution >= 0.6 is 11.3 Å². The Morgan fingerprint density at radius 1 is 1.23 bits per heavy atom. The van der Waals surface area contributed by atoms with E-state index < -0.39 is 5.82 Å². The zero-order valence-corrected chi connectivity index (χ0v) is 13.3. The minimum absolute atomic E-state index is 0.0747. The lowest BCUT2D eigenvalue weighted by Gasteiger charge is -2.14. The molecule has 1 heterocycles. The van der Waals surface area contributed by atoms with Crippen LogP contribution in [0.1, 0.15) is 44.8 Å². The molecule has 2 rings (SSSR count). The third-order valence-electron chi connectivity index (χ3n) is 3.20. The van der Waals surface area contributed by atoms with E-state index in [4.69, 9.17) is 4.74 Å². The number of methoxy groups -OCH3 is 1. The largest absolute Gasteiger partial charge is 0.494 e. The predicted octanol–water partition coefficient (Wildman–Crippen LogP) is 3.59. The third-order valence-corrected chi connectivity index (χ3v) is 4.39. The van der Waals surface area contributed by atoms with Crippen molar-refractivity contribution < 1.29 is 18.7 Å². The van der Waals surface area contributed by atoms with Gasteiger partial charge in [-0.1, -0.05) is 6.07 Å². The van der Waals surface area contributed by atoms with Crippen molar-refractivity contribution in [3.8, 4) is 5.75 Å². The maximum absolute atomic E-state index is 13.7. The van der Waals surface area contributed by atoms with Crippen molar-refractivity contribution in [3.63, 3.8) is 0 Å². The Labute approximate surface area is 131 Å². The van der Waals surface area contributed by atoms with E-state index in [1.807, 2.05) is 0 Å². The fraction of sp³-hybridized carbons (Fsp3) is 0.250. The van der Waals surface area contributed by atoms with Crippen LogP contribution < -0.4 is 10.1 Å². The highest BCUT2D eigenvalue weighted by molar-refractivity contribution is 7.15. The molecule has 4 nitrogen and oxygen atoms in total. The van der Waals surface area contributed by atoms with Crippen LogP contribution in [0.25, 0.3) is 0 Å². The van der Waals surface area contributed by atoms with Crippen molar-refractivity contribution in [2.24, 2.45) is 0 Å². The first-order valence-electron chi connectivity index (χ1n) is 6.67. The molecular formula is C16H16FNO3S. The summed E-state index contributed by atoms with van der Waals surface area (Å²) in [6.07, 6.45) is 0. The molecule has 2 aromatic rings. The van der Waals surface area contributed by atoms with E-state index in [1.54, 1.807) is 25.1 Å². The number of halogens is 1. The molecule has 1 aromatic carbocycles. The van der Waals surface area contributed by atoms with E-state index >= 15 is 0 Å². The Bertz CT molecular complexity index is 711. The number of carbonyl (C=O) groups excluding carboxylic acids is 2. The fourth-order valence-corrected chi connectivity index (χ4v) is 2.76. The average molecular weight is 321 g/mol. The van der Waals surface area contributed by atoms with Gasteiger partial charge in [-0.2, -0.15) is 0 Å². The molecule has 0 saturated heterocycles. The smallest absolute Gasteiger partial charge is 0.261 e. The lowest BCUT2D eigenvalue weighted by molar-refractivity contribution is 0.0943. The van der Waals surface area contributed by atoms with Gasteiger partial charge in [-0.3, -0.25) is 9.59 Å². The second-order valence-corrected chi connectivity index (χ2v) is 5.89. The molecule has 1 aromatic heterocycles. The van der Waals surface area contributed by atoms with E-state index in [0.717, 1.165) is 11.3 Å². The standard InChI is InChI=1S/C16H16FNO3S/c1-9(11-4-5-13(21-3)12(17)8-11)18-16(20)15-7-6-14(22-15)10(2)19/h4-9H,1-3H3,(H,18,20). The van der Waals surface area contributed by atoms with Crippen molar-refractivity contribution in [2.45, 2.75) is 19.9 Å². The molecule has 1 atom stereocenters. The monoisotopic (exact) mass is 321 g/mol. The molecule has 1 amide bonds. The first-order valence-corrected chi connectivity index (χ1v) is 7.49. The van der Waals surface area contributed by atoms with Gasteiger partial charge in [0.1, 0.15) is 0 Å². The summed E-state index contributed by atoms with van der Waals surface area (Å²) in [5.74, 6) is -0.682. The van der Waals surface area contributed by atoms with E-state index in [-0.39, 0.29) is 23.5 Å². The van der Waals surface area contributed by atoms with Crippen molar-refractivity contribution in [2.75, 3.05) is 7.11 Å². The van der Waals surface area contributed by atoms with Gasteiger partial charge in [0.2, 0.25) is 0 Å². The van der Waals surface area contributed by atoms with Crippen LogP contribution in [0.2, 0.25) is 0 Å². The highest BCUT2D eigenvalue weighted by Crippen LogP contribution is 2.23. The summed E-state index contributed by atoms with van der Waals surface area (Å²) in [5, 5.41) is 2.78. The molecule has 0 radical (unpaired) electrons. The van der Waals surface area contributed by atoms with Crippen molar-refractivity contribution >= 4 is 23.0 Å². The zero-order valence-electron chi connectivity index (χ0n) is 12.5. The zero-order chi connectivity index (χ0) is 16.3. The van der Waals surface area contributed by atoms with Crippen LogP contribution in [-0.2, 0) is 0 Å². The minimum Gasteiger partial charge on any atom is -0.494 e. The van der Waals surface area contributed by atoms with E-state index in [2.05, 4.69) is 5.32 Å². The number of carbonyl (C=O) groups is 2. The van der Waals surface area contributed by atoms with Gasteiger partial charge in [0, 0.05) is 0 Å². The number of rotatable bonds is 5. The Balaban J connectivity index is 2.10. The number of ketones is 1. The summed E-state index contributed by atoms with van der Waals surface area (Å²) in [7, 11) is 1.40. The molecule has 1 N–H and O–H groups in total. The van der Waals surface area contributed by atoms with Crippen molar-refractivity contribution in [3.05, 3.63) is 51.5 Å². The number of benzene rings is 1. The minimum atomic E-state index is -0.476. The number of hydrogen-bond acceptors (Lipinski definition) is 4. The van der Waals surface area contributed by atoms with Gasteiger partial charge in [0.05, 0.1) is 22.9 Å². The third kappa shape index (κ3) is 3.51. The second-order valence-electron chi connectivity index (χ2n) is 4.81. The highest BCUT2D eigenvalue weighted by atomic mass is 32.1. The van der Waals surface area contributed by atoms with Gasteiger partial charge in [0.25, 0.3) is 5.91 Å². The van der Waals surface area contributed by atoms with E-state index in [9.17, 15) is 14.0 Å². The number of amides is 1. The molecule has 0 aliphatic heterocycles. The van der Waals surface area contributed by atoms with Crippen LogP contribution in [0, 0.1) is 5.82 Å². The average Bonchev–Trinajstić information content (AvgIpc) is 2.97. The number of thiophene rings is 1. The van der Waals surface area contributed by atoms with Gasteiger partial charge in [-0.15, -0.1) is 11.3 Å². The summed E-state index contributed by atoms with van der Waals surface area (Å²) in [6.45, 7) is 3.22. The molecule has 6 heteroatoms. The molecule has 22 heavy (non-hydrogen) atoms. The van der Waals surface area contributed by atoms with Gasteiger partial charge in [-0.25, -0.2) is 4.39 Å². The van der Waals surface area contributed by atoms with E-state index in [1.165, 1.54) is 26.2 Å². The Morgan fingerprint density at radius 3 is 2.45 bits per heavy atom. The van der Waals surface area contributed by atoms with Gasteiger partial charge < -0.3 is 10.1 Å². The summed E-state index contributed by atoms with van der Waals surface area (Å²) >= 11 is 1.14. The normalized spacial score (nSPS) is 11.8. The van der Waals surface area contributed by atoms with Gasteiger partial charge >= 0.3 is 0 Å². The van der Waals surface area contributed by atoms with Crippen LogP contribution in [-0.4, -0.2) is 18.8 Å². The fourth-order valence-electron chi connectivity index (χ4n) is 1.95. The molecule has 0 aliphatic rings. The summed E-state index contributed by atoms with van der Waals surface area (Å²) in [6, 6.07) is 7.42. The van der Waals surface area contributed by atoms with Crippen molar-refractivity contribution in [1.82, 2.24) is 5.32 Å². The van der Waals surface area contributed by atoms with Crippen molar-refractivity contribution in [1.29, 1.82) is 0 Å². The quantitative estimate of drug-likeness (QED) is 0.856. The Hall–Kier alpha value is -2.21. The highest BCUT2D eigenvalue weighted by Gasteiger charge is 2.16. The SMILES string of the molecule is COc1ccc(C(C)NC(=O)c2ccc(C(C)=O)s2)cc1F. The van der Waals surface area contributed by atoms with Gasteiger partial charge in [0.15, 0.2) is 17.3 Å². The summed E-state index contributed by atoms with van der Waals surface area (Å²) in [4.78, 5) is 24.4. The number of Topliss-reactive ketones (excluding diaryl/α,β-unsaturated/α-hetero) is 1. The molecule has 0 saturated carbocycles. The lowest BCUT2D eigenvalue weighted by Crippen LogP contribution is -2.25. The van der Waals surface area contributed by atoms with Crippen LogP contribution in [0.15, 0.2) is 30.3 Å². The second kappa shape index (κ2) is 6.70. The van der Waals surface area contributed by atoms with Crippen LogP contribution in [0.3, 0.4) is 0 Å². The molecule has 0 bridgehead atoms. The number of ether oxygens (including phenoxy) is 1. The topological polar surface area (TPSA) is 55.4 Å². The predicted molar refractivity (Wildman–Crippen MR) is 83.2 cm³/mol. The summed E-state index contributed by atoms with van der Waals surface area (Å²) < 4.78 is 18.6. The molecule has 116 valence electrons. The molecular weight excluding hydrogens is 305 g/mol. The maximum atomic E-state index is 13.7. The molecule has 0 spiro atoms.